The maximum absolute atomic E-state index is 14.2. The van der Waals surface area contributed by atoms with Gasteiger partial charge in [0.05, 0.1) is 0 Å². The standard InChI is InChI=1S/C35H43N3O6/c1-6-35(5,37-33(42)44-34(2,3)4)32(41)36-28(22-25-18-19-26-15-10-11-16-27(26)21-25)30(39)38-20-12-17-29(38)31(40)43-23-24-13-8-7-9-14-24/h7-11,13-16,18-19,21,28-29H,6,12,17,20,22-23H2,1-5H3,(H,36,41)(H,37,42)/t28-,29+,35-/m0/s1. The fourth-order valence-electron chi connectivity index (χ4n) is 5.25. The molecule has 1 heterocycles. The van der Waals surface area contributed by atoms with Gasteiger partial charge in [-0.25, -0.2) is 9.59 Å². The van der Waals surface area contributed by atoms with Crippen molar-refractivity contribution >= 4 is 34.6 Å². The minimum Gasteiger partial charge on any atom is -0.459 e. The van der Waals surface area contributed by atoms with Gasteiger partial charge in [-0.05, 0) is 68.9 Å². The molecule has 1 fully saturated rings. The maximum Gasteiger partial charge on any atom is 0.408 e. The number of rotatable bonds is 10. The van der Waals surface area contributed by atoms with Crippen LogP contribution in [-0.2, 0) is 36.9 Å². The Labute approximate surface area is 259 Å². The number of hydrogen-bond donors (Lipinski definition) is 2. The van der Waals surface area contributed by atoms with E-state index in [0.29, 0.717) is 19.4 Å². The third-order valence-corrected chi connectivity index (χ3v) is 7.87. The third-order valence-electron chi connectivity index (χ3n) is 7.87. The van der Waals surface area contributed by atoms with Crippen molar-refractivity contribution in [3.05, 3.63) is 83.9 Å². The molecule has 9 nitrogen and oxygen atoms in total. The van der Waals surface area contributed by atoms with Crippen LogP contribution in [0.25, 0.3) is 10.8 Å². The van der Waals surface area contributed by atoms with E-state index in [1.165, 1.54) is 4.90 Å². The zero-order valence-electron chi connectivity index (χ0n) is 26.2. The fourth-order valence-corrected chi connectivity index (χ4v) is 5.25. The quantitative estimate of drug-likeness (QED) is 0.305. The highest BCUT2D eigenvalue weighted by molar-refractivity contribution is 5.95. The van der Waals surface area contributed by atoms with Crippen molar-refractivity contribution in [2.45, 2.75) is 90.1 Å². The lowest BCUT2D eigenvalue weighted by atomic mass is 9.95. The minimum absolute atomic E-state index is 0.112. The lowest BCUT2D eigenvalue weighted by molar-refractivity contribution is -0.155. The molecule has 4 rings (SSSR count). The summed E-state index contributed by atoms with van der Waals surface area (Å²) in [6.45, 7) is 9.08. The first kappa shape index (κ1) is 32.5. The van der Waals surface area contributed by atoms with Gasteiger partial charge in [-0.15, -0.1) is 0 Å². The molecule has 0 unspecified atom stereocenters. The number of nitrogens with one attached hydrogen (secondary N) is 2. The van der Waals surface area contributed by atoms with Crippen LogP contribution in [0.5, 0.6) is 0 Å². The molecule has 1 aliphatic rings. The van der Waals surface area contributed by atoms with Gasteiger partial charge in [-0.1, -0.05) is 79.7 Å². The first-order valence-electron chi connectivity index (χ1n) is 15.2. The Balaban J connectivity index is 1.56. The van der Waals surface area contributed by atoms with E-state index in [1.54, 1.807) is 34.6 Å². The molecule has 9 heteroatoms. The highest BCUT2D eigenvalue weighted by Gasteiger charge is 2.41. The number of fused-ring (bicyclic) bond motifs is 1. The lowest BCUT2D eigenvalue weighted by Gasteiger charge is -2.33. The minimum atomic E-state index is -1.34. The third kappa shape index (κ3) is 8.36. The van der Waals surface area contributed by atoms with Gasteiger partial charge in [0.1, 0.15) is 29.8 Å². The average molecular weight is 602 g/mol. The summed E-state index contributed by atoms with van der Waals surface area (Å²) in [7, 11) is 0. The zero-order valence-corrected chi connectivity index (χ0v) is 26.2. The van der Waals surface area contributed by atoms with Crippen LogP contribution in [0.1, 0.15) is 65.0 Å². The largest absolute Gasteiger partial charge is 0.459 e. The Kier molecular flexibility index (Phi) is 10.3. The Morgan fingerprint density at radius 3 is 2.27 bits per heavy atom. The number of likely N-dealkylation sites (tertiary alicyclic amines) is 1. The summed E-state index contributed by atoms with van der Waals surface area (Å²) in [6.07, 6.45) is 0.843. The first-order valence-corrected chi connectivity index (χ1v) is 15.2. The number of carbonyl (C=O) groups excluding carboxylic acids is 4. The van der Waals surface area contributed by atoms with Gasteiger partial charge in [0.2, 0.25) is 11.8 Å². The topological polar surface area (TPSA) is 114 Å². The highest BCUT2D eigenvalue weighted by Crippen LogP contribution is 2.23. The molecule has 234 valence electrons. The number of benzene rings is 3. The number of hydrogen-bond acceptors (Lipinski definition) is 6. The molecule has 0 aliphatic carbocycles. The Morgan fingerprint density at radius 2 is 1.59 bits per heavy atom. The van der Waals surface area contributed by atoms with E-state index < -0.39 is 41.2 Å². The number of esters is 1. The molecule has 44 heavy (non-hydrogen) atoms. The van der Waals surface area contributed by atoms with E-state index in [9.17, 15) is 19.2 Å². The van der Waals surface area contributed by atoms with E-state index >= 15 is 0 Å². The molecule has 0 radical (unpaired) electrons. The fraction of sp³-hybridized carbons (Fsp3) is 0.429. The van der Waals surface area contributed by atoms with E-state index in [4.69, 9.17) is 9.47 Å². The first-order chi connectivity index (χ1) is 20.9. The summed E-state index contributed by atoms with van der Waals surface area (Å²) in [4.78, 5) is 55.2. The zero-order chi connectivity index (χ0) is 31.9. The smallest absolute Gasteiger partial charge is 0.408 e. The molecular formula is C35H43N3O6. The van der Waals surface area contributed by atoms with E-state index in [-0.39, 0.29) is 25.4 Å². The van der Waals surface area contributed by atoms with Crippen molar-refractivity contribution in [1.29, 1.82) is 0 Å². The van der Waals surface area contributed by atoms with Crippen molar-refractivity contribution in [1.82, 2.24) is 15.5 Å². The van der Waals surface area contributed by atoms with Crippen LogP contribution in [0.4, 0.5) is 4.79 Å². The summed E-state index contributed by atoms with van der Waals surface area (Å²) in [6, 6.07) is 21.4. The molecule has 0 saturated carbocycles. The van der Waals surface area contributed by atoms with Crippen molar-refractivity contribution in [2.24, 2.45) is 0 Å². The van der Waals surface area contributed by atoms with Gasteiger partial charge in [-0.2, -0.15) is 0 Å². The van der Waals surface area contributed by atoms with Crippen molar-refractivity contribution in [3.63, 3.8) is 0 Å². The SMILES string of the molecule is CC[C@](C)(NC(=O)OC(C)(C)C)C(=O)N[C@@H](Cc1ccc2ccccc2c1)C(=O)N1CCC[C@@H]1C(=O)OCc1ccccc1. The Bertz CT molecular complexity index is 1480. The van der Waals surface area contributed by atoms with Gasteiger partial charge < -0.3 is 25.0 Å². The second-order valence-electron chi connectivity index (χ2n) is 12.5. The van der Waals surface area contributed by atoms with Gasteiger partial charge in [0.25, 0.3) is 0 Å². The molecule has 1 aliphatic heterocycles. The van der Waals surface area contributed by atoms with Gasteiger partial charge in [-0.3, -0.25) is 9.59 Å². The summed E-state index contributed by atoms with van der Waals surface area (Å²) in [5.74, 6) is -1.37. The summed E-state index contributed by atoms with van der Waals surface area (Å²) >= 11 is 0. The summed E-state index contributed by atoms with van der Waals surface area (Å²) in [5, 5.41) is 7.67. The molecule has 0 spiro atoms. The van der Waals surface area contributed by atoms with Crippen LogP contribution in [0.15, 0.2) is 72.8 Å². The van der Waals surface area contributed by atoms with Gasteiger partial charge >= 0.3 is 12.1 Å². The van der Waals surface area contributed by atoms with Crippen LogP contribution >= 0.6 is 0 Å². The van der Waals surface area contributed by atoms with Crippen LogP contribution in [-0.4, -0.2) is 58.5 Å². The van der Waals surface area contributed by atoms with Crippen molar-refractivity contribution < 1.29 is 28.7 Å². The van der Waals surface area contributed by atoms with Crippen LogP contribution in [0.3, 0.4) is 0 Å². The van der Waals surface area contributed by atoms with Crippen LogP contribution < -0.4 is 10.6 Å². The number of carbonyl (C=O) groups is 4. The summed E-state index contributed by atoms with van der Waals surface area (Å²) < 4.78 is 11.0. The van der Waals surface area contributed by atoms with Crippen LogP contribution in [0, 0.1) is 0 Å². The summed E-state index contributed by atoms with van der Waals surface area (Å²) in [5.41, 5.74) is -0.384. The molecule has 0 bridgehead atoms. The number of amides is 3. The van der Waals surface area contributed by atoms with Crippen molar-refractivity contribution in [2.75, 3.05) is 6.54 Å². The van der Waals surface area contributed by atoms with Gasteiger partial charge in [0.15, 0.2) is 0 Å². The monoisotopic (exact) mass is 601 g/mol. The molecule has 0 aromatic heterocycles. The lowest BCUT2D eigenvalue weighted by Crippen LogP contribution is -2.61. The van der Waals surface area contributed by atoms with E-state index in [2.05, 4.69) is 10.6 Å². The Morgan fingerprint density at radius 1 is 0.909 bits per heavy atom. The van der Waals surface area contributed by atoms with E-state index in [1.807, 2.05) is 72.8 Å². The normalized spacial score (nSPS) is 16.9. The molecule has 2 N–H and O–H groups in total. The predicted molar refractivity (Wildman–Crippen MR) is 169 cm³/mol. The Hall–Kier alpha value is -4.40. The second kappa shape index (κ2) is 13.9. The molecule has 1 saturated heterocycles. The van der Waals surface area contributed by atoms with Crippen molar-refractivity contribution in [3.8, 4) is 0 Å². The van der Waals surface area contributed by atoms with Crippen LogP contribution in [0.2, 0.25) is 0 Å². The number of alkyl carbamates (subject to hydrolysis) is 1. The number of nitrogens with zero attached hydrogens (tertiary/aromatic N) is 1. The molecular weight excluding hydrogens is 558 g/mol. The van der Waals surface area contributed by atoms with Gasteiger partial charge in [0, 0.05) is 13.0 Å². The predicted octanol–water partition coefficient (Wildman–Crippen LogP) is 5.29. The number of ether oxygens (including phenoxy) is 2. The second-order valence-corrected chi connectivity index (χ2v) is 12.5. The molecule has 3 atom stereocenters. The molecule has 3 aromatic carbocycles. The van der Waals surface area contributed by atoms with E-state index in [0.717, 1.165) is 21.9 Å². The maximum atomic E-state index is 14.2. The molecule has 3 aromatic rings. The average Bonchev–Trinajstić information content (AvgIpc) is 3.49. The molecule has 3 amide bonds. The highest BCUT2D eigenvalue weighted by atomic mass is 16.6.